The summed E-state index contributed by atoms with van der Waals surface area (Å²) in [5, 5.41) is 38.7. The fraction of sp³-hybridized carbons (Fsp3) is 0.698. The highest BCUT2D eigenvalue weighted by atomic mass is 35.5. The Kier molecular flexibility index (Phi) is 34.0. The minimum atomic E-state index is -1.29. The zero-order valence-corrected chi connectivity index (χ0v) is 45.0. The molecule has 0 radical (unpaired) electrons. The number of amides is 6. The molecule has 1 saturated heterocycles. The Bertz CT molecular complexity index is 1880. The van der Waals surface area contributed by atoms with Gasteiger partial charge < -0.3 is 72.1 Å². The van der Waals surface area contributed by atoms with Gasteiger partial charge in [0.15, 0.2) is 0 Å². The summed E-state index contributed by atoms with van der Waals surface area (Å²) in [7, 11) is 0. The van der Waals surface area contributed by atoms with Crippen LogP contribution in [-0.2, 0) is 38.1 Å². The van der Waals surface area contributed by atoms with Crippen molar-refractivity contribution in [3.8, 4) is 6.07 Å². The first-order chi connectivity index (χ1) is 32.8. The standard InChI is InChI=1S/C10H19N3O4.C10H15N3O2.C10H20N2O2.C10H17NO6.C3Cl3N3/c1-10(2,3)17-9(16)13-6(8(12)15)4-5-7(11)14;1-10(2,3)15-9(14)13-8(7-11)5-6-12-4;1-10(2,3)14-9(13)12-8-5-4-6-11-7-8;1-10(2,3)17-9(16)11-6(8(14)15)4-5-7(12)13;4-1-7-2(5)9-3(6)8-1/h6H,4-5H2,1-3H3,(H2,11,14)(H2,12,15)(H,13,16);8H,5-6H2,1-3H3,(H,13,14);8,11H,4-7H2,1-3H3,(H,12,13);6H,4-5H2,1-3H3,(H,11,16)(H,12,13)(H,14,15);/t6-;2*8-;6-;/m0000./s1. The first kappa shape index (κ1) is 70.0. The number of ether oxygens (including phenoxy) is 4. The third kappa shape index (κ3) is 46.2. The van der Waals surface area contributed by atoms with Crippen LogP contribution in [0.2, 0.25) is 15.9 Å². The lowest BCUT2D eigenvalue weighted by Gasteiger charge is -2.26. The van der Waals surface area contributed by atoms with Gasteiger partial charge in [0, 0.05) is 25.4 Å². The fourth-order valence-corrected chi connectivity index (χ4v) is 5.17. The third-order valence-corrected chi connectivity index (χ3v) is 7.80. The molecule has 1 aliphatic rings. The Morgan fingerprint density at radius 3 is 1.44 bits per heavy atom. The quantitative estimate of drug-likeness (QED) is 0.0846. The van der Waals surface area contributed by atoms with Gasteiger partial charge in [0.25, 0.3) is 0 Å². The number of nitrogens with one attached hydrogen (secondary N) is 5. The van der Waals surface area contributed by atoms with Crippen LogP contribution in [0.15, 0.2) is 0 Å². The number of carboxylic acids is 2. The maximum absolute atomic E-state index is 11.4. The normalized spacial score (nSPS) is 14.2. The number of alkyl carbamates (subject to hydrolysis) is 4. The lowest BCUT2D eigenvalue weighted by atomic mass is 10.1. The minimum absolute atomic E-state index is 0.000000000000000444. The first-order valence-electron chi connectivity index (χ1n) is 21.9. The second-order valence-electron chi connectivity index (χ2n) is 18.9. The Labute approximate surface area is 434 Å². The van der Waals surface area contributed by atoms with Crippen LogP contribution in [0.3, 0.4) is 0 Å². The summed E-state index contributed by atoms with van der Waals surface area (Å²) in [4.78, 5) is 101. The Hall–Kier alpha value is -6.22. The van der Waals surface area contributed by atoms with Crippen LogP contribution in [0.25, 0.3) is 4.85 Å². The summed E-state index contributed by atoms with van der Waals surface area (Å²) in [5.41, 5.74) is 7.62. The van der Waals surface area contributed by atoms with Gasteiger partial charge in [0.05, 0.1) is 12.5 Å². The van der Waals surface area contributed by atoms with Crippen molar-refractivity contribution in [2.45, 2.75) is 175 Å². The molecule has 29 heteroatoms. The summed E-state index contributed by atoms with van der Waals surface area (Å²) in [6.07, 6.45) is -0.623. The number of carbonyl (C=O) groups excluding carboxylic acids is 6. The van der Waals surface area contributed by atoms with Crippen molar-refractivity contribution < 1.29 is 67.5 Å². The predicted octanol–water partition coefficient (Wildman–Crippen LogP) is 5.27. The molecule has 72 heavy (non-hydrogen) atoms. The number of hydrogen-bond donors (Lipinski definition) is 9. The molecule has 2 heterocycles. The van der Waals surface area contributed by atoms with Gasteiger partial charge in [-0.05, 0) is 150 Å². The van der Waals surface area contributed by atoms with Gasteiger partial charge >= 0.3 is 36.3 Å². The molecule has 0 bridgehead atoms. The van der Waals surface area contributed by atoms with Gasteiger partial charge in [-0.1, -0.05) is 0 Å². The highest BCUT2D eigenvalue weighted by molar-refractivity contribution is 6.33. The van der Waals surface area contributed by atoms with E-state index in [9.17, 15) is 38.4 Å². The molecule has 4 atom stereocenters. The molecule has 26 nitrogen and oxygen atoms in total. The van der Waals surface area contributed by atoms with Gasteiger partial charge in [-0.15, -0.1) is 0 Å². The van der Waals surface area contributed by atoms with E-state index in [2.05, 4.69) is 46.4 Å². The zero-order valence-electron chi connectivity index (χ0n) is 42.7. The van der Waals surface area contributed by atoms with E-state index in [-0.39, 0.29) is 60.2 Å². The number of nitrogens with two attached hydrogens (primary N) is 2. The molecule has 408 valence electrons. The predicted molar refractivity (Wildman–Crippen MR) is 263 cm³/mol. The highest BCUT2D eigenvalue weighted by Crippen LogP contribution is 2.12. The van der Waals surface area contributed by atoms with Crippen molar-refractivity contribution in [3.63, 3.8) is 0 Å². The van der Waals surface area contributed by atoms with E-state index in [0.717, 1.165) is 25.9 Å². The number of rotatable bonds is 14. The summed E-state index contributed by atoms with van der Waals surface area (Å²) < 4.78 is 19.9. The van der Waals surface area contributed by atoms with Crippen molar-refractivity contribution in [1.29, 1.82) is 5.26 Å². The van der Waals surface area contributed by atoms with Gasteiger partial charge in [-0.3, -0.25) is 14.4 Å². The topological polar surface area (TPSA) is 393 Å². The van der Waals surface area contributed by atoms with E-state index < -0.39 is 82.6 Å². The SMILES string of the molecule is CC(C)(C)OC(=O)N[C@@H](CCC(=O)O)C(=O)O.CC(C)(C)OC(=O)N[C@@H](CCC(N)=O)C(N)=O.CC(C)(C)OC(=O)N[C@H]1CCCNC1.Clc1nc(Cl)nc(Cl)n1.[C-]#[N+]CC[C@@H](C#N)NC(=O)OC(C)(C)C. The number of nitrogens with zero attached hydrogens (tertiary/aromatic N) is 5. The molecule has 6 amide bonds. The summed E-state index contributed by atoms with van der Waals surface area (Å²) in [6, 6.07) is -0.763. The highest BCUT2D eigenvalue weighted by Gasteiger charge is 2.26. The second-order valence-corrected chi connectivity index (χ2v) is 19.9. The van der Waals surface area contributed by atoms with Crippen LogP contribution >= 0.6 is 34.8 Å². The molecule has 0 aliphatic carbocycles. The maximum atomic E-state index is 11.4. The molecule has 11 N–H and O–H groups in total. The van der Waals surface area contributed by atoms with Crippen LogP contribution < -0.4 is 38.1 Å². The number of primary amides is 2. The largest absolute Gasteiger partial charge is 0.481 e. The van der Waals surface area contributed by atoms with Gasteiger partial charge in [-0.2, -0.15) is 20.2 Å². The monoisotopic (exact) mass is 1080 g/mol. The van der Waals surface area contributed by atoms with Crippen LogP contribution in [0.1, 0.15) is 128 Å². The maximum Gasteiger partial charge on any atom is 0.408 e. The Balaban J connectivity index is -0.000000836. The molecule has 1 aliphatic heterocycles. The van der Waals surface area contributed by atoms with Crippen molar-refractivity contribution in [3.05, 3.63) is 27.3 Å². The average Bonchev–Trinajstić information content (AvgIpc) is 3.17. The molecule has 0 aromatic carbocycles. The molecule has 2 rings (SSSR count). The lowest BCUT2D eigenvalue weighted by Crippen LogP contribution is -2.47. The number of piperidine rings is 1. The zero-order chi connectivity index (χ0) is 56.6. The van der Waals surface area contributed by atoms with E-state index in [4.69, 9.17) is 87.3 Å². The van der Waals surface area contributed by atoms with E-state index in [1.807, 2.05) is 26.8 Å². The van der Waals surface area contributed by atoms with Crippen LogP contribution in [0.5, 0.6) is 0 Å². The van der Waals surface area contributed by atoms with Crippen molar-refractivity contribution in [2.24, 2.45) is 11.5 Å². The average molecular weight is 1090 g/mol. The van der Waals surface area contributed by atoms with E-state index in [1.165, 1.54) is 0 Å². The molecule has 0 unspecified atom stereocenters. The van der Waals surface area contributed by atoms with Crippen LogP contribution in [0, 0.1) is 17.9 Å². The minimum Gasteiger partial charge on any atom is -0.481 e. The van der Waals surface area contributed by atoms with Gasteiger partial charge in [-0.25, -0.2) is 30.5 Å². The second kappa shape index (κ2) is 35.0. The van der Waals surface area contributed by atoms with E-state index >= 15 is 0 Å². The number of aliphatic carboxylic acids is 2. The molecule has 0 saturated carbocycles. The summed E-state index contributed by atoms with van der Waals surface area (Å²) in [5.74, 6) is -3.72. The molecule has 1 aromatic rings. The Morgan fingerprint density at radius 1 is 0.708 bits per heavy atom. The number of nitriles is 1. The number of carboxylic acid groups (broad SMARTS) is 2. The summed E-state index contributed by atoms with van der Waals surface area (Å²) in [6.45, 7) is 29.5. The molecule has 1 aromatic heterocycles. The van der Waals surface area contributed by atoms with Gasteiger partial charge in [0.1, 0.15) is 40.5 Å². The third-order valence-electron chi connectivity index (χ3n) is 7.30. The molecule has 1 fully saturated rings. The molecular formula is C43H71Cl3N12O14. The van der Waals surface area contributed by atoms with Crippen molar-refractivity contribution >= 4 is 82.9 Å². The van der Waals surface area contributed by atoms with Crippen LogP contribution in [0.4, 0.5) is 19.2 Å². The molecular weight excluding hydrogens is 1010 g/mol. The Morgan fingerprint density at radius 2 is 1.11 bits per heavy atom. The number of halogens is 3. The van der Waals surface area contributed by atoms with E-state index in [0.29, 0.717) is 6.42 Å². The number of hydrogen-bond acceptors (Lipinski definition) is 17. The number of aromatic nitrogens is 3. The van der Waals surface area contributed by atoms with Gasteiger partial charge in [0.2, 0.25) is 34.2 Å². The fourth-order valence-electron chi connectivity index (χ4n) is 4.56. The van der Waals surface area contributed by atoms with E-state index in [1.54, 1.807) is 62.3 Å². The van der Waals surface area contributed by atoms with Crippen molar-refractivity contribution in [1.82, 2.24) is 41.5 Å². The van der Waals surface area contributed by atoms with Crippen molar-refractivity contribution in [2.75, 3.05) is 19.6 Å². The smallest absolute Gasteiger partial charge is 0.408 e. The lowest BCUT2D eigenvalue weighted by molar-refractivity contribution is -0.141. The first-order valence-corrected chi connectivity index (χ1v) is 23.1. The number of carbonyl (C=O) groups is 8. The molecule has 0 spiro atoms. The summed E-state index contributed by atoms with van der Waals surface area (Å²) >= 11 is 16.0. The van der Waals surface area contributed by atoms with Crippen LogP contribution in [-0.4, -0.2) is 139 Å².